The molecule has 0 heterocycles. The Morgan fingerprint density at radius 2 is 1.93 bits per heavy atom. The fourth-order valence-electron chi connectivity index (χ4n) is 2.34. The standard InChI is InChI=1S/C22H21NO4/c1-15(24)12-19(25)10-7-16-6-8-17(21(23)13-16)9-11-22(26)18-4-3-5-20(14-18)27-2/h3-11,13-14,24H,1,12,23H2,2H3/b10-7+,11-9+. The summed E-state index contributed by atoms with van der Waals surface area (Å²) in [6.07, 6.45) is 5.95. The Labute approximate surface area is 158 Å². The number of hydrogen-bond donors (Lipinski definition) is 2. The number of aliphatic hydroxyl groups excluding tert-OH is 1. The van der Waals surface area contributed by atoms with Crippen LogP contribution in [0.3, 0.4) is 0 Å². The zero-order chi connectivity index (χ0) is 19.8. The van der Waals surface area contributed by atoms with Crippen molar-refractivity contribution in [2.45, 2.75) is 6.42 Å². The molecule has 2 aromatic carbocycles. The van der Waals surface area contributed by atoms with Crippen molar-refractivity contribution in [2.24, 2.45) is 0 Å². The van der Waals surface area contributed by atoms with Gasteiger partial charge < -0.3 is 15.6 Å². The molecular weight excluding hydrogens is 342 g/mol. The number of nitrogen functional groups attached to an aromatic ring is 1. The molecule has 0 saturated heterocycles. The van der Waals surface area contributed by atoms with E-state index in [0.29, 0.717) is 22.6 Å². The first-order valence-electron chi connectivity index (χ1n) is 8.22. The number of rotatable bonds is 8. The van der Waals surface area contributed by atoms with Crippen molar-refractivity contribution in [2.75, 3.05) is 12.8 Å². The van der Waals surface area contributed by atoms with Crippen molar-refractivity contribution in [1.82, 2.24) is 0 Å². The Kier molecular flexibility index (Phi) is 6.72. The number of hydrogen-bond acceptors (Lipinski definition) is 5. The largest absolute Gasteiger partial charge is 0.512 e. The zero-order valence-corrected chi connectivity index (χ0v) is 15.0. The molecule has 0 spiro atoms. The molecule has 0 aliphatic carbocycles. The maximum Gasteiger partial charge on any atom is 0.185 e. The summed E-state index contributed by atoms with van der Waals surface area (Å²) < 4.78 is 5.12. The first-order valence-corrected chi connectivity index (χ1v) is 8.22. The summed E-state index contributed by atoms with van der Waals surface area (Å²) in [7, 11) is 1.55. The average Bonchev–Trinajstić information content (AvgIpc) is 2.65. The lowest BCUT2D eigenvalue weighted by Crippen LogP contribution is -1.96. The van der Waals surface area contributed by atoms with E-state index in [1.165, 1.54) is 12.2 Å². The second-order valence-electron chi connectivity index (χ2n) is 5.86. The number of benzene rings is 2. The summed E-state index contributed by atoms with van der Waals surface area (Å²) in [6, 6.07) is 12.2. The quantitative estimate of drug-likeness (QED) is 0.317. The van der Waals surface area contributed by atoms with Gasteiger partial charge in [0.25, 0.3) is 0 Å². The van der Waals surface area contributed by atoms with Crippen LogP contribution in [-0.4, -0.2) is 23.8 Å². The number of methoxy groups -OCH3 is 1. The molecule has 27 heavy (non-hydrogen) atoms. The molecule has 5 heteroatoms. The van der Waals surface area contributed by atoms with Crippen molar-refractivity contribution >= 4 is 29.4 Å². The molecule has 5 nitrogen and oxygen atoms in total. The molecule has 0 unspecified atom stereocenters. The molecular formula is C22H21NO4. The van der Waals surface area contributed by atoms with Gasteiger partial charge in [-0.3, -0.25) is 9.59 Å². The summed E-state index contributed by atoms with van der Waals surface area (Å²) in [5, 5.41) is 9.00. The van der Waals surface area contributed by atoms with Gasteiger partial charge >= 0.3 is 0 Å². The van der Waals surface area contributed by atoms with Crippen LogP contribution in [0.25, 0.3) is 12.2 Å². The van der Waals surface area contributed by atoms with Gasteiger partial charge in [-0.25, -0.2) is 0 Å². The molecule has 2 rings (SSSR count). The van der Waals surface area contributed by atoms with Crippen molar-refractivity contribution in [1.29, 1.82) is 0 Å². The van der Waals surface area contributed by atoms with Crippen molar-refractivity contribution < 1.29 is 19.4 Å². The minimum Gasteiger partial charge on any atom is -0.512 e. The van der Waals surface area contributed by atoms with Crippen LogP contribution >= 0.6 is 0 Å². The van der Waals surface area contributed by atoms with E-state index >= 15 is 0 Å². The van der Waals surface area contributed by atoms with Crippen LogP contribution in [-0.2, 0) is 4.79 Å². The summed E-state index contributed by atoms with van der Waals surface area (Å²) in [5.41, 5.74) is 8.45. The van der Waals surface area contributed by atoms with Gasteiger partial charge in [-0.2, -0.15) is 0 Å². The van der Waals surface area contributed by atoms with Gasteiger partial charge in [0.15, 0.2) is 11.6 Å². The maximum atomic E-state index is 12.3. The van der Waals surface area contributed by atoms with Crippen molar-refractivity contribution in [3.05, 3.63) is 83.6 Å². The summed E-state index contributed by atoms with van der Waals surface area (Å²) >= 11 is 0. The normalized spacial score (nSPS) is 11.0. The Morgan fingerprint density at radius 1 is 1.15 bits per heavy atom. The number of anilines is 1. The highest BCUT2D eigenvalue weighted by Crippen LogP contribution is 2.18. The van der Waals surface area contributed by atoms with Gasteiger partial charge in [0.05, 0.1) is 19.3 Å². The Morgan fingerprint density at radius 3 is 2.59 bits per heavy atom. The van der Waals surface area contributed by atoms with Gasteiger partial charge in [-0.05, 0) is 47.6 Å². The molecule has 138 valence electrons. The van der Waals surface area contributed by atoms with Crippen LogP contribution in [0.1, 0.15) is 27.9 Å². The fourth-order valence-corrected chi connectivity index (χ4v) is 2.34. The monoisotopic (exact) mass is 363 g/mol. The van der Waals surface area contributed by atoms with E-state index in [1.54, 1.807) is 61.7 Å². The highest BCUT2D eigenvalue weighted by atomic mass is 16.5. The molecule has 0 bridgehead atoms. The third-order valence-corrected chi connectivity index (χ3v) is 3.72. The topological polar surface area (TPSA) is 89.6 Å². The van der Waals surface area contributed by atoms with E-state index in [2.05, 4.69) is 6.58 Å². The second-order valence-corrected chi connectivity index (χ2v) is 5.86. The first kappa shape index (κ1) is 19.7. The van der Waals surface area contributed by atoms with Gasteiger partial charge in [-0.1, -0.05) is 36.9 Å². The highest BCUT2D eigenvalue weighted by Gasteiger charge is 2.04. The van der Waals surface area contributed by atoms with E-state index in [0.717, 1.165) is 5.56 Å². The Hall–Kier alpha value is -3.60. The molecule has 0 atom stereocenters. The Balaban J connectivity index is 2.10. The predicted molar refractivity (Wildman–Crippen MR) is 108 cm³/mol. The molecule has 0 amide bonds. The predicted octanol–water partition coefficient (Wildman–Crippen LogP) is 4.22. The van der Waals surface area contributed by atoms with E-state index < -0.39 is 0 Å². The number of aliphatic hydroxyl groups is 1. The minimum atomic E-state index is -0.256. The summed E-state index contributed by atoms with van der Waals surface area (Å²) in [5.74, 6) is 0.0237. The lowest BCUT2D eigenvalue weighted by atomic mass is 10.1. The smallest absolute Gasteiger partial charge is 0.185 e. The number of carbonyl (C=O) groups is 2. The minimum absolute atomic E-state index is 0.112. The second kappa shape index (κ2) is 9.20. The zero-order valence-electron chi connectivity index (χ0n) is 15.0. The number of allylic oxidation sites excluding steroid dienone is 3. The SMILES string of the molecule is C=C(O)CC(=O)/C=C/c1ccc(/C=C/C(=O)c2cccc(OC)c2)c(N)c1. The van der Waals surface area contributed by atoms with Gasteiger partial charge in [0, 0.05) is 11.3 Å². The maximum absolute atomic E-state index is 12.3. The van der Waals surface area contributed by atoms with Gasteiger partial charge in [0.2, 0.25) is 0 Å². The molecule has 0 aromatic heterocycles. The van der Waals surface area contributed by atoms with E-state index in [-0.39, 0.29) is 23.7 Å². The van der Waals surface area contributed by atoms with Crippen LogP contribution in [0.4, 0.5) is 5.69 Å². The Bertz CT molecular complexity index is 926. The molecule has 0 saturated carbocycles. The number of nitrogens with two attached hydrogens (primary N) is 1. The lowest BCUT2D eigenvalue weighted by molar-refractivity contribution is -0.114. The third-order valence-electron chi connectivity index (χ3n) is 3.72. The lowest BCUT2D eigenvalue weighted by Gasteiger charge is -2.03. The summed E-state index contributed by atoms with van der Waals surface area (Å²) in [6.45, 7) is 3.28. The van der Waals surface area contributed by atoms with Gasteiger partial charge in [-0.15, -0.1) is 0 Å². The highest BCUT2D eigenvalue weighted by molar-refractivity contribution is 6.07. The van der Waals surface area contributed by atoms with E-state index in [4.69, 9.17) is 15.6 Å². The van der Waals surface area contributed by atoms with Crippen molar-refractivity contribution in [3.63, 3.8) is 0 Å². The molecule has 3 N–H and O–H groups in total. The van der Waals surface area contributed by atoms with Crippen LogP contribution in [0.2, 0.25) is 0 Å². The fraction of sp³-hybridized carbons (Fsp3) is 0.0909. The van der Waals surface area contributed by atoms with Gasteiger partial charge in [0.1, 0.15) is 5.75 Å². The van der Waals surface area contributed by atoms with Crippen LogP contribution in [0.5, 0.6) is 5.75 Å². The summed E-state index contributed by atoms with van der Waals surface area (Å²) in [4.78, 5) is 23.8. The molecule has 0 aliphatic heterocycles. The molecule has 2 aromatic rings. The van der Waals surface area contributed by atoms with Crippen LogP contribution < -0.4 is 10.5 Å². The number of ketones is 2. The van der Waals surface area contributed by atoms with Crippen molar-refractivity contribution in [3.8, 4) is 5.75 Å². The molecule has 0 fully saturated rings. The first-order chi connectivity index (χ1) is 12.9. The number of carbonyl (C=O) groups excluding carboxylic acids is 2. The molecule has 0 aliphatic rings. The van der Waals surface area contributed by atoms with Crippen LogP contribution in [0.15, 0.2) is 67.0 Å². The average molecular weight is 363 g/mol. The molecule has 0 radical (unpaired) electrons. The van der Waals surface area contributed by atoms with E-state index in [9.17, 15) is 9.59 Å². The van der Waals surface area contributed by atoms with E-state index in [1.807, 2.05) is 0 Å². The van der Waals surface area contributed by atoms with Crippen LogP contribution in [0, 0.1) is 0 Å². The third kappa shape index (κ3) is 6.01. The number of ether oxygens (including phenoxy) is 1.